The van der Waals surface area contributed by atoms with Gasteiger partial charge >= 0.3 is 6.03 Å². The van der Waals surface area contributed by atoms with Gasteiger partial charge in [-0.25, -0.2) is 14.2 Å². The molecule has 1 saturated heterocycles. The molecule has 0 atom stereocenters. The van der Waals surface area contributed by atoms with Gasteiger partial charge < -0.3 is 15.0 Å². The number of rotatable bonds is 3. The molecule has 1 aliphatic heterocycles. The van der Waals surface area contributed by atoms with Crippen molar-refractivity contribution >= 4 is 11.7 Å². The van der Waals surface area contributed by atoms with Crippen molar-refractivity contribution < 1.29 is 13.9 Å². The summed E-state index contributed by atoms with van der Waals surface area (Å²) in [6, 6.07) is 7.65. The fourth-order valence-electron chi connectivity index (χ4n) is 2.85. The Morgan fingerprint density at radius 3 is 2.64 bits per heavy atom. The predicted octanol–water partition coefficient (Wildman–Crippen LogP) is 3.31. The van der Waals surface area contributed by atoms with E-state index in [9.17, 15) is 9.18 Å². The lowest BCUT2D eigenvalue weighted by atomic mass is 10.1. The highest BCUT2D eigenvalue weighted by atomic mass is 19.1. The Balaban J connectivity index is 1.53. The molecule has 7 heteroatoms. The molecule has 0 bridgehead atoms. The number of nitrogens with zero attached hydrogens (tertiary/aromatic N) is 3. The number of hydrogen-bond donors (Lipinski definition) is 1. The summed E-state index contributed by atoms with van der Waals surface area (Å²) in [7, 11) is 0. The number of hydrogen-bond acceptors (Lipinski definition) is 4. The third-order valence-corrected chi connectivity index (χ3v) is 4.07. The van der Waals surface area contributed by atoms with Crippen LogP contribution >= 0.6 is 0 Å². The van der Waals surface area contributed by atoms with Crippen molar-refractivity contribution in [3.63, 3.8) is 0 Å². The molecule has 0 unspecified atom stereocenters. The van der Waals surface area contributed by atoms with E-state index in [1.807, 2.05) is 19.9 Å². The second-order valence-electron chi connectivity index (χ2n) is 6.11. The molecule has 132 valence electrons. The van der Waals surface area contributed by atoms with Gasteiger partial charge in [0.15, 0.2) is 0 Å². The number of carbonyl (C=O) groups excluding carboxylic acids is 1. The molecule has 6 nitrogen and oxygen atoms in total. The van der Waals surface area contributed by atoms with Crippen LogP contribution in [0.1, 0.15) is 24.4 Å². The number of halogens is 1. The Morgan fingerprint density at radius 1 is 1.24 bits per heavy atom. The molecule has 1 fully saturated rings. The van der Waals surface area contributed by atoms with Gasteiger partial charge in [-0.3, -0.25) is 0 Å². The standard InChI is InChI=1S/C18H21FN4O2/c1-12-11-17(21-13(2)20-12)25-14-7-9-23(10-8-14)18(24)22-16-6-4-3-5-15(16)19/h3-6,11,14H,7-10H2,1-2H3,(H,22,24). The molecule has 1 aromatic carbocycles. The van der Waals surface area contributed by atoms with Gasteiger partial charge in [0.05, 0.1) is 5.69 Å². The number of ether oxygens (including phenoxy) is 1. The minimum absolute atomic E-state index is 0.00575. The van der Waals surface area contributed by atoms with Gasteiger partial charge in [0, 0.05) is 37.7 Å². The molecule has 25 heavy (non-hydrogen) atoms. The normalized spacial score (nSPS) is 15.1. The van der Waals surface area contributed by atoms with E-state index < -0.39 is 5.82 Å². The van der Waals surface area contributed by atoms with Crippen LogP contribution in [0, 0.1) is 19.7 Å². The lowest BCUT2D eigenvalue weighted by Crippen LogP contribution is -2.43. The summed E-state index contributed by atoms with van der Waals surface area (Å²) < 4.78 is 19.5. The minimum atomic E-state index is -0.441. The van der Waals surface area contributed by atoms with E-state index >= 15 is 0 Å². The van der Waals surface area contributed by atoms with Gasteiger partial charge in [-0.2, -0.15) is 4.98 Å². The number of anilines is 1. The molecule has 0 saturated carbocycles. The number of urea groups is 1. The first kappa shape index (κ1) is 17.1. The van der Waals surface area contributed by atoms with Crippen LogP contribution in [-0.4, -0.2) is 40.1 Å². The van der Waals surface area contributed by atoms with Gasteiger partial charge in [0.25, 0.3) is 0 Å². The van der Waals surface area contributed by atoms with Crippen molar-refractivity contribution in [3.8, 4) is 5.88 Å². The fourth-order valence-corrected chi connectivity index (χ4v) is 2.85. The van der Waals surface area contributed by atoms with Gasteiger partial charge in [-0.05, 0) is 26.0 Å². The number of likely N-dealkylation sites (tertiary alicyclic amines) is 1. The Bertz CT molecular complexity index is 740. The molecule has 2 amide bonds. The summed E-state index contributed by atoms with van der Waals surface area (Å²) in [5.74, 6) is 0.805. The van der Waals surface area contributed by atoms with E-state index in [1.54, 1.807) is 23.1 Å². The molecule has 2 heterocycles. The van der Waals surface area contributed by atoms with Gasteiger partial charge in [-0.15, -0.1) is 0 Å². The molecular formula is C18H21FN4O2. The molecule has 0 radical (unpaired) electrons. The highest BCUT2D eigenvalue weighted by molar-refractivity contribution is 5.89. The van der Waals surface area contributed by atoms with Crippen molar-refractivity contribution in [2.24, 2.45) is 0 Å². The van der Waals surface area contributed by atoms with E-state index in [1.165, 1.54) is 6.07 Å². The summed E-state index contributed by atoms with van der Waals surface area (Å²) in [6.07, 6.45) is 1.41. The second-order valence-corrected chi connectivity index (χ2v) is 6.11. The third kappa shape index (κ3) is 4.43. The molecule has 1 aliphatic rings. The monoisotopic (exact) mass is 344 g/mol. The van der Waals surface area contributed by atoms with E-state index in [0.29, 0.717) is 37.6 Å². The Labute approximate surface area is 146 Å². The maximum atomic E-state index is 13.6. The number of para-hydroxylation sites is 1. The Kier molecular flexibility index (Phi) is 5.11. The van der Waals surface area contributed by atoms with Crippen LogP contribution in [0.2, 0.25) is 0 Å². The highest BCUT2D eigenvalue weighted by Gasteiger charge is 2.24. The lowest BCUT2D eigenvalue weighted by Gasteiger charge is -2.32. The second kappa shape index (κ2) is 7.46. The molecule has 2 aromatic rings. The molecule has 0 aliphatic carbocycles. The highest BCUT2D eigenvalue weighted by Crippen LogP contribution is 2.19. The first-order valence-corrected chi connectivity index (χ1v) is 8.30. The molecule has 1 aromatic heterocycles. The van der Waals surface area contributed by atoms with Gasteiger partial charge in [-0.1, -0.05) is 12.1 Å². The van der Waals surface area contributed by atoms with Crippen LogP contribution in [0.4, 0.5) is 14.9 Å². The average Bonchev–Trinajstić information content (AvgIpc) is 2.56. The number of aryl methyl sites for hydroxylation is 2. The zero-order valence-corrected chi connectivity index (χ0v) is 14.3. The maximum Gasteiger partial charge on any atom is 0.321 e. The topological polar surface area (TPSA) is 67.3 Å². The Morgan fingerprint density at radius 2 is 1.96 bits per heavy atom. The SMILES string of the molecule is Cc1cc(OC2CCN(C(=O)Nc3ccccc3F)CC2)nc(C)n1. The summed E-state index contributed by atoms with van der Waals surface area (Å²) >= 11 is 0. The molecular weight excluding hydrogens is 323 g/mol. The molecule has 3 rings (SSSR count). The zero-order chi connectivity index (χ0) is 17.8. The van der Waals surface area contributed by atoms with Crippen molar-refractivity contribution in [2.75, 3.05) is 18.4 Å². The van der Waals surface area contributed by atoms with Crippen molar-refractivity contribution in [1.29, 1.82) is 0 Å². The van der Waals surface area contributed by atoms with Crippen LogP contribution in [-0.2, 0) is 0 Å². The number of benzene rings is 1. The summed E-state index contributed by atoms with van der Waals surface area (Å²) in [5, 5.41) is 2.61. The lowest BCUT2D eigenvalue weighted by molar-refractivity contribution is 0.111. The van der Waals surface area contributed by atoms with Crippen LogP contribution in [0.3, 0.4) is 0 Å². The third-order valence-electron chi connectivity index (χ3n) is 4.07. The van der Waals surface area contributed by atoms with Crippen molar-refractivity contribution in [1.82, 2.24) is 14.9 Å². The van der Waals surface area contributed by atoms with Crippen LogP contribution in [0.15, 0.2) is 30.3 Å². The van der Waals surface area contributed by atoms with E-state index in [0.717, 1.165) is 5.69 Å². The zero-order valence-electron chi connectivity index (χ0n) is 14.3. The largest absolute Gasteiger partial charge is 0.474 e. The minimum Gasteiger partial charge on any atom is -0.474 e. The summed E-state index contributed by atoms with van der Waals surface area (Å²) in [4.78, 5) is 22.4. The Hall–Kier alpha value is -2.70. The van der Waals surface area contributed by atoms with Gasteiger partial charge in [0.1, 0.15) is 17.7 Å². The van der Waals surface area contributed by atoms with Crippen LogP contribution in [0.5, 0.6) is 5.88 Å². The van der Waals surface area contributed by atoms with Gasteiger partial charge in [0.2, 0.25) is 5.88 Å². The molecule has 1 N–H and O–H groups in total. The smallest absolute Gasteiger partial charge is 0.321 e. The number of nitrogens with one attached hydrogen (secondary N) is 1. The number of amides is 2. The number of carbonyl (C=O) groups is 1. The molecule has 0 spiro atoms. The summed E-state index contributed by atoms with van der Waals surface area (Å²) in [6.45, 7) is 4.83. The first-order valence-electron chi connectivity index (χ1n) is 8.30. The van der Waals surface area contributed by atoms with Crippen molar-refractivity contribution in [2.45, 2.75) is 32.8 Å². The van der Waals surface area contributed by atoms with E-state index in [2.05, 4.69) is 15.3 Å². The first-order chi connectivity index (χ1) is 12.0. The average molecular weight is 344 g/mol. The maximum absolute atomic E-state index is 13.6. The van der Waals surface area contributed by atoms with E-state index in [4.69, 9.17) is 4.74 Å². The quantitative estimate of drug-likeness (QED) is 0.928. The predicted molar refractivity (Wildman–Crippen MR) is 92.1 cm³/mol. The number of aromatic nitrogens is 2. The van der Waals surface area contributed by atoms with Crippen molar-refractivity contribution in [3.05, 3.63) is 47.7 Å². The van der Waals surface area contributed by atoms with Crippen LogP contribution < -0.4 is 10.1 Å². The van der Waals surface area contributed by atoms with Crippen LogP contribution in [0.25, 0.3) is 0 Å². The fraction of sp³-hybridized carbons (Fsp3) is 0.389. The number of piperidine rings is 1. The summed E-state index contributed by atoms with van der Waals surface area (Å²) in [5.41, 5.74) is 1.06. The van der Waals surface area contributed by atoms with E-state index in [-0.39, 0.29) is 17.8 Å².